The number of hydrogen-bond acceptors (Lipinski definition) is 6. The number of allylic oxidation sites excluding steroid dienone is 2. The molecule has 0 N–H and O–H groups in total. The summed E-state index contributed by atoms with van der Waals surface area (Å²) in [7, 11) is 2.22. The SMILES string of the molecule is CN1CCN(C2=CC=CC3=NC(CN(CC4CC4)[C@H]4CCCc5cccnc54)CN23)CC1. The van der Waals surface area contributed by atoms with Gasteiger partial charge in [0.15, 0.2) is 0 Å². The Bertz CT molecular complexity index is 924. The van der Waals surface area contributed by atoms with E-state index in [0.29, 0.717) is 12.1 Å². The highest BCUT2D eigenvalue weighted by Gasteiger charge is 2.36. The van der Waals surface area contributed by atoms with Crippen LogP contribution in [-0.2, 0) is 6.42 Å². The van der Waals surface area contributed by atoms with Gasteiger partial charge in [-0.1, -0.05) is 12.1 Å². The Labute approximate surface area is 192 Å². The average molecular weight is 433 g/mol. The van der Waals surface area contributed by atoms with E-state index in [1.165, 1.54) is 55.7 Å². The predicted molar refractivity (Wildman–Crippen MR) is 128 cm³/mol. The molecule has 6 heteroatoms. The maximum atomic E-state index is 5.20. The molecule has 0 aromatic carbocycles. The van der Waals surface area contributed by atoms with Crippen molar-refractivity contribution in [2.75, 3.05) is 52.9 Å². The van der Waals surface area contributed by atoms with E-state index in [2.05, 4.69) is 57.0 Å². The number of likely N-dealkylation sites (N-methyl/N-ethyl adjacent to an activating group) is 1. The Morgan fingerprint density at radius 1 is 1.09 bits per heavy atom. The van der Waals surface area contributed by atoms with Crippen molar-refractivity contribution in [1.82, 2.24) is 24.6 Å². The third kappa shape index (κ3) is 4.11. The van der Waals surface area contributed by atoms with Crippen LogP contribution in [0, 0.1) is 5.92 Å². The zero-order valence-corrected chi connectivity index (χ0v) is 19.4. The van der Waals surface area contributed by atoms with Gasteiger partial charge in [-0.25, -0.2) is 0 Å². The molecule has 1 unspecified atom stereocenters. The fourth-order valence-corrected chi connectivity index (χ4v) is 5.84. The molecule has 0 radical (unpaired) electrons. The van der Waals surface area contributed by atoms with Crippen LogP contribution in [0.1, 0.15) is 43.0 Å². The van der Waals surface area contributed by atoms with E-state index in [1.807, 2.05) is 6.20 Å². The van der Waals surface area contributed by atoms with Crippen molar-refractivity contribution in [3.63, 3.8) is 0 Å². The first-order valence-corrected chi connectivity index (χ1v) is 12.6. The Hall–Kier alpha value is -2.18. The Kier molecular flexibility index (Phi) is 5.51. The van der Waals surface area contributed by atoms with Gasteiger partial charge in [-0.2, -0.15) is 0 Å². The molecule has 2 atom stereocenters. The highest BCUT2D eigenvalue weighted by molar-refractivity contribution is 5.96. The molecule has 3 aliphatic heterocycles. The quantitative estimate of drug-likeness (QED) is 0.691. The number of hydrogen-bond donors (Lipinski definition) is 0. The summed E-state index contributed by atoms with van der Waals surface area (Å²) in [6.07, 6.45) is 15.1. The van der Waals surface area contributed by atoms with Crippen molar-refractivity contribution < 1.29 is 0 Å². The van der Waals surface area contributed by atoms with Crippen LogP contribution in [-0.4, -0.2) is 89.3 Å². The van der Waals surface area contributed by atoms with Crippen LogP contribution in [0.2, 0.25) is 0 Å². The van der Waals surface area contributed by atoms with Crippen LogP contribution in [0.5, 0.6) is 0 Å². The molecule has 5 aliphatic rings. The summed E-state index contributed by atoms with van der Waals surface area (Å²) in [5.41, 5.74) is 2.80. The molecule has 1 aromatic rings. The molecule has 1 saturated heterocycles. The lowest BCUT2D eigenvalue weighted by atomic mass is 9.90. The molecule has 6 nitrogen and oxygen atoms in total. The van der Waals surface area contributed by atoms with Crippen LogP contribution < -0.4 is 0 Å². The second kappa shape index (κ2) is 8.64. The molecule has 0 amide bonds. The largest absolute Gasteiger partial charge is 0.355 e. The number of fused-ring (bicyclic) bond motifs is 2. The van der Waals surface area contributed by atoms with E-state index in [0.717, 1.165) is 51.0 Å². The maximum Gasteiger partial charge on any atom is 0.129 e. The van der Waals surface area contributed by atoms with E-state index in [4.69, 9.17) is 9.98 Å². The number of amidine groups is 1. The van der Waals surface area contributed by atoms with Crippen LogP contribution in [0.4, 0.5) is 0 Å². The highest BCUT2D eigenvalue weighted by atomic mass is 15.4. The molecule has 1 saturated carbocycles. The average Bonchev–Trinajstić information content (AvgIpc) is 3.54. The summed E-state index contributed by atoms with van der Waals surface area (Å²) in [4.78, 5) is 20.2. The van der Waals surface area contributed by atoms with E-state index < -0.39 is 0 Å². The molecule has 32 heavy (non-hydrogen) atoms. The first-order valence-electron chi connectivity index (χ1n) is 12.6. The Morgan fingerprint density at radius 2 is 1.97 bits per heavy atom. The van der Waals surface area contributed by atoms with Crippen LogP contribution in [0.25, 0.3) is 0 Å². The lowest BCUT2D eigenvalue weighted by Crippen LogP contribution is -2.48. The fourth-order valence-electron chi connectivity index (χ4n) is 5.84. The van der Waals surface area contributed by atoms with Crippen molar-refractivity contribution in [2.24, 2.45) is 10.9 Å². The maximum absolute atomic E-state index is 5.20. The van der Waals surface area contributed by atoms with Gasteiger partial charge >= 0.3 is 0 Å². The minimum absolute atomic E-state index is 0.330. The topological polar surface area (TPSA) is 38.2 Å². The summed E-state index contributed by atoms with van der Waals surface area (Å²) >= 11 is 0. The lowest BCUT2D eigenvalue weighted by Gasteiger charge is -2.40. The molecule has 0 bridgehead atoms. The van der Waals surface area contributed by atoms with Crippen molar-refractivity contribution in [2.45, 2.75) is 44.2 Å². The summed E-state index contributed by atoms with van der Waals surface area (Å²) in [6.45, 7) is 7.72. The second-order valence-corrected chi connectivity index (χ2v) is 10.3. The molecule has 1 aromatic heterocycles. The number of rotatable bonds is 6. The first kappa shape index (κ1) is 20.4. The summed E-state index contributed by atoms with van der Waals surface area (Å²) in [5, 5.41) is 0. The second-order valence-electron chi connectivity index (χ2n) is 10.3. The van der Waals surface area contributed by atoms with Gasteiger partial charge in [-0.15, -0.1) is 0 Å². The number of nitrogens with zero attached hydrogens (tertiary/aromatic N) is 6. The summed E-state index contributed by atoms with van der Waals surface area (Å²) in [5.74, 6) is 3.38. The van der Waals surface area contributed by atoms with Crippen molar-refractivity contribution in [1.29, 1.82) is 0 Å². The molecule has 2 fully saturated rings. The predicted octanol–water partition coefficient (Wildman–Crippen LogP) is 2.91. The van der Waals surface area contributed by atoms with E-state index in [9.17, 15) is 0 Å². The van der Waals surface area contributed by atoms with E-state index in [1.54, 1.807) is 0 Å². The Balaban J connectivity index is 1.18. The normalized spacial score (nSPS) is 27.9. The van der Waals surface area contributed by atoms with Crippen molar-refractivity contribution in [3.8, 4) is 0 Å². The van der Waals surface area contributed by atoms with Gasteiger partial charge in [0.1, 0.15) is 11.7 Å². The van der Waals surface area contributed by atoms with Crippen LogP contribution in [0.3, 0.4) is 0 Å². The number of aliphatic imine (C=N–C) groups is 1. The number of pyridine rings is 1. The zero-order valence-electron chi connectivity index (χ0n) is 19.4. The standard InChI is InChI=1S/C26H36N6/c1-29-13-15-30(16-14-29)25-9-3-8-24-28-22(19-32(24)25)18-31(17-20-10-11-20)23-7-2-5-21-6-4-12-27-26(21)23/h3-4,6,8-9,12,20,22-23H,2,5,7,10-11,13-19H2,1H3/t22?,23-/m0/s1. The molecule has 6 rings (SSSR count). The third-order valence-electron chi connectivity index (χ3n) is 7.82. The van der Waals surface area contributed by atoms with Gasteiger partial charge in [0.25, 0.3) is 0 Å². The first-order chi connectivity index (χ1) is 15.7. The van der Waals surface area contributed by atoms with Crippen molar-refractivity contribution in [3.05, 3.63) is 53.6 Å². The van der Waals surface area contributed by atoms with Gasteiger partial charge in [0.05, 0.1) is 17.8 Å². The third-order valence-corrected chi connectivity index (χ3v) is 7.82. The number of piperazine rings is 1. The van der Waals surface area contributed by atoms with Crippen LogP contribution in [0.15, 0.2) is 47.4 Å². The van der Waals surface area contributed by atoms with Gasteiger partial charge in [-0.05, 0) is 68.9 Å². The zero-order chi connectivity index (χ0) is 21.5. The van der Waals surface area contributed by atoms with E-state index in [-0.39, 0.29) is 0 Å². The molecule has 0 spiro atoms. The summed E-state index contributed by atoms with van der Waals surface area (Å²) < 4.78 is 0. The van der Waals surface area contributed by atoms with Crippen LogP contribution >= 0.6 is 0 Å². The Morgan fingerprint density at radius 3 is 2.81 bits per heavy atom. The number of aryl methyl sites for hydroxylation is 1. The molecule has 4 heterocycles. The molecular formula is C26H36N6. The van der Waals surface area contributed by atoms with E-state index >= 15 is 0 Å². The molecule has 170 valence electrons. The highest BCUT2D eigenvalue weighted by Crippen LogP contribution is 2.38. The van der Waals surface area contributed by atoms with Gasteiger partial charge in [-0.3, -0.25) is 14.9 Å². The number of aromatic nitrogens is 1. The van der Waals surface area contributed by atoms with Gasteiger partial charge < -0.3 is 14.7 Å². The van der Waals surface area contributed by atoms with Gasteiger partial charge in [0, 0.05) is 52.0 Å². The smallest absolute Gasteiger partial charge is 0.129 e. The monoisotopic (exact) mass is 432 g/mol. The molecule has 2 aliphatic carbocycles. The lowest BCUT2D eigenvalue weighted by molar-refractivity contribution is 0.146. The molecular weight excluding hydrogens is 396 g/mol. The minimum atomic E-state index is 0.330. The van der Waals surface area contributed by atoms with Gasteiger partial charge in [0.2, 0.25) is 0 Å². The van der Waals surface area contributed by atoms with Crippen molar-refractivity contribution >= 4 is 5.84 Å². The fraction of sp³-hybridized carbons (Fsp3) is 0.615. The summed E-state index contributed by atoms with van der Waals surface area (Å²) in [6, 6.07) is 5.18. The minimum Gasteiger partial charge on any atom is -0.355 e.